The number of aldehydes is 1. The number of carbonyl (C=O) groups excluding carboxylic acids is 2. The van der Waals surface area contributed by atoms with E-state index < -0.39 is 0 Å². The summed E-state index contributed by atoms with van der Waals surface area (Å²) in [5.41, 5.74) is 1.49. The van der Waals surface area contributed by atoms with Gasteiger partial charge in [0.05, 0.1) is 23.8 Å². The summed E-state index contributed by atoms with van der Waals surface area (Å²) >= 11 is 6.51. The Hall–Kier alpha value is -3.69. The number of rotatable bonds is 12. The summed E-state index contributed by atoms with van der Waals surface area (Å²) in [5.74, 6) is 1.72. The number of nitrogens with one attached hydrogen (secondary N) is 2. The van der Waals surface area contributed by atoms with Crippen LogP contribution in [0.4, 0.5) is 5.82 Å². The van der Waals surface area contributed by atoms with Crippen molar-refractivity contribution in [2.45, 2.75) is 57.3 Å². The fraction of sp³-hybridized carbons (Fsp3) is 0.375. The van der Waals surface area contributed by atoms with E-state index in [1.807, 2.05) is 30.3 Å². The lowest BCUT2D eigenvalue weighted by atomic mass is 9.99. The third kappa shape index (κ3) is 8.66. The molecule has 218 valence electrons. The second kappa shape index (κ2) is 16.1. The van der Waals surface area contributed by atoms with Gasteiger partial charge in [-0.2, -0.15) is 0 Å². The Morgan fingerprint density at radius 3 is 2.67 bits per heavy atom. The first-order valence-electron chi connectivity index (χ1n) is 14.5. The molecule has 8 nitrogen and oxygen atoms in total. The number of fused-ring (bicyclic) bond motifs is 1. The van der Waals surface area contributed by atoms with Crippen LogP contribution in [0, 0.1) is 0 Å². The minimum Gasteiger partial charge on any atom is -0.457 e. The number of halogens is 1. The zero-order chi connectivity index (χ0) is 29.7. The largest absolute Gasteiger partial charge is 0.457 e. The molecule has 2 aromatic carbocycles. The first-order chi connectivity index (χ1) is 20.5. The Morgan fingerprint density at radius 2 is 1.93 bits per heavy atom. The van der Waals surface area contributed by atoms with Crippen LogP contribution in [-0.4, -0.2) is 65.9 Å². The maximum absolute atomic E-state index is 13.5. The van der Waals surface area contributed by atoms with Gasteiger partial charge in [0, 0.05) is 36.8 Å². The summed E-state index contributed by atoms with van der Waals surface area (Å²) in [7, 11) is 7.39. The number of likely N-dealkylation sites (tertiary alicyclic amines) is 1. The lowest BCUT2D eigenvalue weighted by molar-refractivity contribution is -0.107. The molecule has 2 aromatic heterocycles. The summed E-state index contributed by atoms with van der Waals surface area (Å²) in [6.07, 6.45) is 12.3. The van der Waals surface area contributed by atoms with E-state index in [-0.39, 0.29) is 11.8 Å². The van der Waals surface area contributed by atoms with Crippen molar-refractivity contribution in [3.63, 3.8) is 0 Å². The first-order valence-corrected chi connectivity index (χ1v) is 14.9. The van der Waals surface area contributed by atoms with Crippen molar-refractivity contribution in [3.8, 4) is 11.5 Å². The van der Waals surface area contributed by atoms with Gasteiger partial charge in [-0.05, 0) is 57.1 Å². The molecule has 1 unspecified atom stereocenters. The predicted octanol–water partition coefficient (Wildman–Crippen LogP) is 6.86. The van der Waals surface area contributed by atoms with Crippen molar-refractivity contribution in [1.82, 2.24) is 19.9 Å². The first kappa shape index (κ1) is 31.3. The van der Waals surface area contributed by atoms with Crippen molar-refractivity contribution in [2.24, 2.45) is 0 Å². The Morgan fingerprint density at radius 1 is 1.12 bits per heavy atom. The summed E-state index contributed by atoms with van der Waals surface area (Å²) in [4.78, 5) is 37.4. The number of aromatic nitrogens is 3. The molecule has 0 amide bonds. The van der Waals surface area contributed by atoms with Crippen molar-refractivity contribution in [1.29, 1.82) is 0 Å². The van der Waals surface area contributed by atoms with E-state index in [1.54, 1.807) is 24.4 Å². The van der Waals surface area contributed by atoms with E-state index in [1.165, 1.54) is 12.7 Å². The zero-order valence-electron chi connectivity index (χ0n) is 24.0. The van der Waals surface area contributed by atoms with Crippen LogP contribution in [0.5, 0.6) is 11.5 Å². The number of para-hydroxylation sites is 1. The number of piperidine rings is 1. The molecule has 0 saturated carbocycles. The van der Waals surface area contributed by atoms with Gasteiger partial charge in [0.15, 0.2) is 5.78 Å². The number of ketones is 1. The quantitative estimate of drug-likeness (QED) is 0.0810. The molecule has 10 heteroatoms. The monoisotopic (exact) mass is 585 g/mol. The molecule has 5 rings (SSSR count). The maximum atomic E-state index is 13.5. The third-order valence-corrected chi connectivity index (χ3v) is 7.43. The van der Waals surface area contributed by atoms with E-state index in [0.717, 1.165) is 57.8 Å². The number of likely N-dealkylation sites (N-methyl/N-ethyl adjacent to an activating group) is 1. The van der Waals surface area contributed by atoms with Gasteiger partial charge in [0.1, 0.15) is 35.6 Å². The number of ether oxygens (including phenoxy) is 1. The van der Waals surface area contributed by atoms with Crippen LogP contribution >= 0.6 is 11.6 Å². The number of nitrogens with zero attached hydrogens (tertiary/aromatic N) is 3. The summed E-state index contributed by atoms with van der Waals surface area (Å²) < 4.78 is 5.83. The van der Waals surface area contributed by atoms with E-state index in [0.29, 0.717) is 50.9 Å². The highest BCUT2D eigenvalue weighted by Crippen LogP contribution is 2.31. The van der Waals surface area contributed by atoms with Crippen LogP contribution in [0.2, 0.25) is 11.3 Å². The normalized spacial score (nSPS) is 15.0. The lowest BCUT2D eigenvalue weighted by Gasteiger charge is -2.30. The molecular formula is C32H37BClN5O3. The van der Waals surface area contributed by atoms with Crippen LogP contribution < -0.4 is 10.1 Å². The standard InChI is InChI=1S/C25H24ClN5O2.C7H13BO/c1-31-11-5-6-16(14-31)30-25-22-20(13-27-24(22)28-15-29-25)23(32)19-10-9-18(12-21(19)26)33-17-7-3-2-4-8-17;8-6-4-2-1-3-5-7-9/h2-4,7-10,12-13,15-16H,5-6,11,14H2,1H3,(H2,27,28,29,30);7H,1-6H2. The average molecular weight is 586 g/mol. The van der Waals surface area contributed by atoms with Crippen LogP contribution in [0.25, 0.3) is 11.0 Å². The van der Waals surface area contributed by atoms with Crippen LogP contribution in [-0.2, 0) is 4.79 Å². The van der Waals surface area contributed by atoms with Gasteiger partial charge in [-0.15, -0.1) is 0 Å². The van der Waals surface area contributed by atoms with E-state index >= 15 is 0 Å². The number of carbonyl (C=O) groups is 2. The highest BCUT2D eigenvalue weighted by molar-refractivity contribution is 6.35. The summed E-state index contributed by atoms with van der Waals surface area (Å²) in [6.45, 7) is 2.02. The number of H-pyrrole nitrogens is 1. The number of unbranched alkanes of at least 4 members (excludes halogenated alkanes) is 4. The van der Waals surface area contributed by atoms with Gasteiger partial charge < -0.3 is 24.7 Å². The predicted molar refractivity (Wildman–Crippen MR) is 169 cm³/mol. The molecule has 1 saturated heterocycles. The second-order valence-corrected chi connectivity index (χ2v) is 10.8. The molecule has 0 aliphatic carbocycles. The molecule has 1 aliphatic heterocycles. The second-order valence-electron chi connectivity index (χ2n) is 10.4. The number of anilines is 1. The Bertz CT molecular complexity index is 1450. The lowest BCUT2D eigenvalue weighted by Crippen LogP contribution is -2.40. The fourth-order valence-electron chi connectivity index (χ4n) is 4.97. The van der Waals surface area contributed by atoms with E-state index in [4.69, 9.17) is 24.2 Å². The van der Waals surface area contributed by atoms with Crippen molar-refractivity contribution in [3.05, 3.63) is 77.2 Å². The highest BCUT2D eigenvalue weighted by atomic mass is 35.5. The van der Waals surface area contributed by atoms with Crippen molar-refractivity contribution >= 4 is 48.4 Å². The van der Waals surface area contributed by atoms with Crippen molar-refractivity contribution < 1.29 is 14.3 Å². The molecule has 2 radical (unpaired) electrons. The van der Waals surface area contributed by atoms with Crippen LogP contribution in [0.3, 0.4) is 0 Å². The Balaban J connectivity index is 0.000000392. The fourth-order valence-corrected chi connectivity index (χ4v) is 5.22. The van der Waals surface area contributed by atoms with Crippen LogP contribution in [0.15, 0.2) is 61.1 Å². The minimum absolute atomic E-state index is 0.198. The van der Waals surface area contributed by atoms with E-state index in [2.05, 4.69) is 32.2 Å². The molecule has 4 aromatic rings. The highest BCUT2D eigenvalue weighted by Gasteiger charge is 2.23. The van der Waals surface area contributed by atoms with Crippen molar-refractivity contribution in [2.75, 3.05) is 25.5 Å². The molecule has 1 atom stereocenters. The van der Waals surface area contributed by atoms with E-state index in [9.17, 15) is 9.59 Å². The Kier molecular flexibility index (Phi) is 12.0. The minimum atomic E-state index is -0.198. The average Bonchev–Trinajstić information content (AvgIpc) is 3.43. The SMILES string of the molecule is CN1CCCC(Nc2ncnc3[nH]cc(C(=O)c4ccc(Oc5ccccc5)cc4Cl)c23)C1.[B]CCCCCCC=O. The molecule has 1 aliphatic rings. The van der Waals surface area contributed by atoms with Gasteiger partial charge >= 0.3 is 0 Å². The maximum Gasteiger partial charge on any atom is 0.196 e. The molecular weight excluding hydrogens is 549 g/mol. The molecule has 0 spiro atoms. The third-order valence-electron chi connectivity index (χ3n) is 7.12. The van der Waals surface area contributed by atoms with Gasteiger partial charge in [0.25, 0.3) is 0 Å². The number of benzene rings is 2. The zero-order valence-corrected chi connectivity index (χ0v) is 24.8. The topological polar surface area (TPSA) is 100 Å². The summed E-state index contributed by atoms with van der Waals surface area (Å²) in [5, 5.41) is 4.52. The summed E-state index contributed by atoms with van der Waals surface area (Å²) in [6, 6.07) is 14.8. The van der Waals surface area contributed by atoms with Crippen LogP contribution in [0.1, 0.15) is 60.9 Å². The molecule has 1 fully saturated rings. The molecule has 42 heavy (non-hydrogen) atoms. The van der Waals surface area contributed by atoms with Gasteiger partial charge in [-0.3, -0.25) is 4.79 Å². The Labute approximate surface area is 253 Å². The molecule has 2 N–H and O–H groups in total. The van der Waals surface area contributed by atoms with Gasteiger partial charge in [0.2, 0.25) is 0 Å². The number of hydrogen-bond donors (Lipinski definition) is 2. The smallest absolute Gasteiger partial charge is 0.196 e. The van der Waals surface area contributed by atoms with Gasteiger partial charge in [-0.1, -0.05) is 55.4 Å². The van der Waals surface area contributed by atoms with Gasteiger partial charge in [-0.25, -0.2) is 9.97 Å². The molecule has 0 bridgehead atoms. The molecule has 3 heterocycles. The number of aromatic amines is 1. The number of hydrogen-bond acceptors (Lipinski definition) is 7.